The van der Waals surface area contributed by atoms with E-state index >= 15 is 0 Å². The minimum absolute atomic E-state index is 0.0473. The van der Waals surface area contributed by atoms with Gasteiger partial charge in [-0.1, -0.05) is 61.7 Å². The predicted octanol–water partition coefficient (Wildman–Crippen LogP) is 6.21. The van der Waals surface area contributed by atoms with Gasteiger partial charge in [0.15, 0.2) is 0 Å². The average Bonchev–Trinajstić information content (AvgIpc) is 3.23. The highest BCUT2D eigenvalue weighted by atomic mass is 16.5. The number of ether oxygens (including phenoxy) is 3. The van der Waals surface area contributed by atoms with Crippen LogP contribution in [0.1, 0.15) is 54.5 Å². The van der Waals surface area contributed by atoms with E-state index in [1.165, 1.54) is 10.5 Å². The molecular weight excluding hydrogens is 506 g/mol. The first kappa shape index (κ1) is 28.9. The van der Waals surface area contributed by atoms with Gasteiger partial charge in [-0.2, -0.15) is 0 Å². The number of aliphatic hydroxyl groups excluding tert-OH is 1. The number of rotatable bonds is 13. The molecule has 0 saturated carbocycles. The van der Waals surface area contributed by atoms with E-state index in [0.717, 1.165) is 30.6 Å². The Labute approximate surface area is 236 Å². The monoisotopic (exact) mass is 543 g/mol. The van der Waals surface area contributed by atoms with Crippen LogP contribution < -0.4 is 9.47 Å². The first-order valence-corrected chi connectivity index (χ1v) is 13.7. The number of likely N-dealkylation sites (tertiary alicyclic amines) is 1. The fourth-order valence-electron chi connectivity index (χ4n) is 4.65. The molecule has 1 aliphatic heterocycles. The highest BCUT2D eigenvalue weighted by Gasteiger charge is 2.45. The number of hydrogen-bond donors (Lipinski definition) is 1. The summed E-state index contributed by atoms with van der Waals surface area (Å²) in [5, 5.41) is 11.3. The molecule has 40 heavy (non-hydrogen) atoms. The summed E-state index contributed by atoms with van der Waals surface area (Å²) < 4.78 is 16.9. The van der Waals surface area contributed by atoms with E-state index in [9.17, 15) is 14.7 Å². The fourth-order valence-corrected chi connectivity index (χ4v) is 4.65. The highest BCUT2D eigenvalue weighted by Crippen LogP contribution is 2.40. The van der Waals surface area contributed by atoms with Crippen molar-refractivity contribution in [1.29, 1.82) is 0 Å². The van der Waals surface area contributed by atoms with Gasteiger partial charge in [-0.05, 0) is 60.9 Å². The lowest BCUT2D eigenvalue weighted by molar-refractivity contribution is -0.140. The molecule has 3 aromatic carbocycles. The van der Waals surface area contributed by atoms with Gasteiger partial charge < -0.3 is 24.2 Å². The molecule has 1 N–H and O–H groups in total. The normalized spacial score (nSPS) is 16.4. The van der Waals surface area contributed by atoms with Gasteiger partial charge in [-0.25, -0.2) is 0 Å². The Hall–Kier alpha value is -4.10. The molecular formula is C33H37NO6. The van der Waals surface area contributed by atoms with E-state index in [-0.39, 0.29) is 24.5 Å². The van der Waals surface area contributed by atoms with Crippen LogP contribution in [0.25, 0.3) is 5.76 Å². The van der Waals surface area contributed by atoms with Crippen molar-refractivity contribution in [2.75, 3.05) is 26.9 Å². The summed E-state index contributed by atoms with van der Waals surface area (Å²) in [5.41, 5.74) is 3.41. The fraction of sp³-hybridized carbons (Fsp3) is 0.333. The number of carbonyl (C=O) groups excluding carboxylic acids is 2. The van der Waals surface area contributed by atoms with Crippen LogP contribution >= 0.6 is 0 Å². The Morgan fingerprint density at radius 3 is 2.15 bits per heavy atom. The zero-order valence-electron chi connectivity index (χ0n) is 23.4. The number of hydrogen-bond acceptors (Lipinski definition) is 6. The molecule has 0 bridgehead atoms. The molecule has 1 heterocycles. The van der Waals surface area contributed by atoms with Crippen LogP contribution in [-0.4, -0.2) is 48.6 Å². The Balaban J connectivity index is 1.58. The Bertz CT molecular complexity index is 1310. The molecule has 0 aliphatic carbocycles. The lowest BCUT2D eigenvalue weighted by atomic mass is 9.95. The highest BCUT2D eigenvalue weighted by molar-refractivity contribution is 6.46. The maximum atomic E-state index is 13.2. The summed E-state index contributed by atoms with van der Waals surface area (Å²) >= 11 is 0. The quantitative estimate of drug-likeness (QED) is 0.119. The molecule has 7 nitrogen and oxygen atoms in total. The van der Waals surface area contributed by atoms with Crippen LogP contribution in [0, 0.1) is 6.92 Å². The third-order valence-electron chi connectivity index (χ3n) is 6.94. The zero-order valence-corrected chi connectivity index (χ0v) is 23.4. The summed E-state index contributed by atoms with van der Waals surface area (Å²) in [6.07, 6.45) is 3.20. The Morgan fingerprint density at radius 2 is 1.50 bits per heavy atom. The van der Waals surface area contributed by atoms with Gasteiger partial charge in [0.05, 0.1) is 24.8 Å². The number of benzene rings is 3. The number of nitrogens with zero attached hydrogens (tertiary/aromatic N) is 1. The number of aliphatic hydroxyl groups is 1. The number of carbonyl (C=O) groups is 2. The molecule has 3 aromatic rings. The number of amides is 1. The maximum absolute atomic E-state index is 13.2. The number of methoxy groups -OCH3 is 1. The summed E-state index contributed by atoms with van der Waals surface area (Å²) in [7, 11) is 1.54. The number of Topliss-reactive ketones (excluding diaryl/α,β-unsaturated/α-hetero) is 1. The first-order valence-electron chi connectivity index (χ1n) is 13.7. The van der Waals surface area contributed by atoms with Crippen molar-refractivity contribution >= 4 is 17.4 Å². The largest absolute Gasteiger partial charge is 0.507 e. The molecule has 1 saturated heterocycles. The third-order valence-corrected chi connectivity index (χ3v) is 6.94. The number of unbranched alkanes of at least 4 members (excludes halogenated alkanes) is 2. The lowest BCUT2D eigenvalue weighted by Gasteiger charge is -2.25. The van der Waals surface area contributed by atoms with Crippen LogP contribution in [0.4, 0.5) is 0 Å². The standard InChI is InChI=1S/C33H37NO6/c1-4-5-6-20-39-27-15-11-25(12-16-27)30-29(32(36)33(37)34(30)19-21-38-3)31(35)26-13-17-28(18-14-26)40-22-24-9-7-23(2)8-10-24/h7-18,30,35H,4-6,19-22H2,1-3H3/t30-/m0/s1. The van der Waals surface area contributed by atoms with Gasteiger partial charge in [0.1, 0.15) is 23.9 Å². The molecule has 0 unspecified atom stereocenters. The van der Waals surface area contributed by atoms with Gasteiger partial charge >= 0.3 is 0 Å². The molecule has 4 rings (SSSR count). The van der Waals surface area contributed by atoms with Gasteiger partial charge in [-0.3, -0.25) is 9.59 Å². The molecule has 1 atom stereocenters. The van der Waals surface area contributed by atoms with Gasteiger partial charge in [0, 0.05) is 19.2 Å². The average molecular weight is 544 g/mol. The Kier molecular flexibility index (Phi) is 9.97. The molecule has 1 amide bonds. The molecule has 0 spiro atoms. The van der Waals surface area contributed by atoms with E-state index < -0.39 is 17.7 Å². The predicted molar refractivity (Wildman–Crippen MR) is 154 cm³/mol. The third kappa shape index (κ3) is 6.90. The summed E-state index contributed by atoms with van der Waals surface area (Å²) in [4.78, 5) is 27.7. The molecule has 7 heteroatoms. The van der Waals surface area contributed by atoms with E-state index in [4.69, 9.17) is 14.2 Å². The van der Waals surface area contributed by atoms with E-state index in [1.54, 1.807) is 31.4 Å². The molecule has 0 radical (unpaired) electrons. The van der Waals surface area contributed by atoms with Crippen LogP contribution in [0.3, 0.4) is 0 Å². The van der Waals surface area contributed by atoms with Crippen LogP contribution in [0.5, 0.6) is 11.5 Å². The minimum Gasteiger partial charge on any atom is -0.507 e. The number of ketones is 1. The summed E-state index contributed by atoms with van der Waals surface area (Å²) in [6, 6.07) is 21.5. The molecule has 1 aliphatic rings. The molecule has 1 fully saturated rings. The summed E-state index contributed by atoms with van der Waals surface area (Å²) in [6.45, 7) is 5.69. The second kappa shape index (κ2) is 13.8. The van der Waals surface area contributed by atoms with Gasteiger partial charge in [-0.15, -0.1) is 0 Å². The van der Waals surface area contributed by atoms with Crippen molar-refractivity contribution in [3.63, 3.8) is 0 Å². The van der Waals surface area contributed by atoms with Crippen LogP contribution in [-0.2, 0) is 20.9 Å². The summed E-state index contributed by atoms with van der Waals surface area (Å²) in [5.74, 6) is -0.272. The van der Waals surface area contributed by atoms with Crippen molar-refractivity contribution in [2.45, 2.75) is 45.8 Å². The van der Waals surface area contributed by atoms with Crippen LogP contribution in [0.15, 0.2) is 78.4 Å². The number of aryl methyl sites for hydroxylation is 1. The van der Waals surface area contributed by atoms with E-state index in [2.05, 4.69) is 6.92 Å². The topological polar surface area (TPSA) is 85.3 Å². The van der Waals surface area contributed by atoms with Gasteiger partial charge in [0.25, 0.3) is 11.7 Å². The second-order valence-electron chi connectivity index (χ2n) is 9.91. The lowest BCUT2D eigenvalue weighted by Crippen LogP contribution is -2.32. The van der Waals surface area contributed by atoms with Crippen molar-refractivity contribution in [3.8, 4) is 11.5 Å². The maximum Gasteiger partial charge on any atom is 0.295 e. The van der Waals surface area contributed by atoms with Crippen molar-refractivity contribution < 1.29 is 28.9 Å². The Morgan fingerprint density at radius 1 is 0.850 bits per heavy atom. The van der Waals surface area contributed by atoms with E-state index in [0.29, 0.717) is 30.1 Å². The zero-order chi connectivity index (χ0) is 28.5. The first-order chi connectivity index (χ1) is 19.4. The SMILES string of the molecule is CCCCCOc1ccc([C@H]2C(=C(O)c3ccc(OCc4ccc(C)cc4)cc3)C(=O)C(=O)N2CCOC)cc1. The van der Waals surface area contributed by atoms with Crippen molar-refractivity contribution in [3.05, 3.63) is 101 Å². The van der Waals surface area contributed by atoms with E-state index in [1.807, 2.05) is 55.5 Å². The van der Waals surface area contributed by atoms with Crippen molar-refractivity contribution in [1.82, 2.24) is 4.90 Å². The molecule has 210 valence electrons. The smallest absolute Gasteiger partial charge is 0.295 e. The molecule has 0 aromatic heterocycles. The van der Waals surface area contributed by atoms with Crippen LogP contribution in [0.2, 0.25) is 0 Å². The van der Waals surface area contributed by atoms with Crippen molar-refractivity contribution in [2.24, 2.45) is 0 Å². The van der Waals surface area contributed by atoms with Gasteiger partial charge in [0.2, 0.25) is 0 Å². The minimum atomic E-state index is -0.748. The second-order valence-corrected chi connectivity index (χ2v) is 9.91.